The summed E-state index contributed by atoms with van der Waals surface area (Å²) in [6, 6.07) is 14.9. The molecule has 0 heterocycles. The lowest BCUT2D eigenvalue weighted by atomic mass is 10.0. The van der Waals surface area contributed by atoms with Crippen molar-refractivity contribution >= 4 is 16.7 Å². The van der Waals surface area contributed by atoms with Gasteiger partial charge in [0.15, 0.2) is 0 Å². The Balaban J connectivity index is 2.15. The summed E-state index contributed by atoms with van der Waals surface area (Å²) in [6.45, 7) is 6.48. The van der Waals surface area contributed by atoms with E-state index in [4.69, 9.17) is 4.74 Å². The number of rotatable bonds is 9. The summed E-state index contributed by atoms with van der Waals surface area (Å²) in [4.78, 5) is 15.6. The minimum atomic E-state index is -1.05. The maximum absolute atomic E-state index is 12.6. The Bertz CT molecular complexity index is 773. The molecule has 2 unspecified atom stereocenters. The molecule has 1 amide bonds. The molecular formula is C21H28N2O3S. The van der Waals surface area contributed by atoms with E-state index >= 15 is 0 Å². The molecule has 0 aliphatic rings. The molecule has 0 spiro atoms. The standard InChI is InChI=1S/C21H28N2O3S/c1-5-23(6-2)20(17-8-7-9-18(14-17)26-3)15-22-21(24)16-10-12-19(13-11-16)27(4)25/h7-14,20H,5-6,15H2,1-4H3,(H,22,24). The number of carbonyl (C=O) groups is 1. The molecule has 0 aliphatic heterocycles. The van der Waals surface area contributed by atoms with Crippen LogP contribution < -0.4 is 10.1 Å². The van der Waals surface area contributed by atoms with E-state index in [1.54, 1.807) is 37.6 Å². The first-order chi connectivity index (χ1) is 13.0. The summed E-state index contributed by atoms with van der Waals surface area (Å²) in [7, 11) is 0.604. The van der Waals surface area contributed by atoms with Crippen LogP contribution >= 0.6 is 0 Å². The molecule has 0 fully saturated rings. The molecule has 0 saturated heterocycles. The maximum Gasteiger partial charge on any atom is 0.251 e. The molecule has 6 heteroatoms. The molecule has 0 radical (unpaired) electrons. The maximum atomic E-state index is 12.6. The van der Waals surface area contributed by atoms with Gasteiger partial charge in [0, 0.05) is 34.1 Å². The largest absolute Gasteiger partial charge is 0.497 e. The van der Waals surface area contributed by atoms with Crippen molar-refractivity contribution in [3.05, 3.63) is 59.7 Å². The lowest BCUT2D eigenvalue weighted by Gasteiger charge is -2.30. The van der Waals surface area contributed by atoms with Crippen LogP contribution in [0, 0.1) is 0 Å². The highest BCUT2D eigenvalue weighted by Gasteiger charge is 2.20. The molecule has 0 aliphatic carbocycles. The quantitative estimate of drug-likeness (QED) is 0.716. The number of hydrogen-bond acceptors (Lipinski definition) is 4. The third kappa shape index (κ3) is 5.65. The van der Waals surface area contributed by atoms with Gasteiger partial charge < -0.3 is 10.1 Å². The fourth-order valence-electron chi connectivity index (χ4n) is 3.06. The van der Waals surface area contributed by atoms with Crippen molar-refractivity contribution in [1.82, 2.24) is 10.2 Å². The summed E-state index contributed by atoms with van der Waals surface area (Å²) in [6.07, 6.45) is 1.62. The van der Waals surface area contributed by atoms with E-state index in [2.05, 4.69) is 30.1 Å². The van der Waals surface area contributed by atoms with Gasteiger partial charge in [-0.25, -0.2) is 0 Å². The number of methoxy groups -OCH3 is 1. The van der Waals surface area contributed by atoms with Crippen molar-refractivity contribution < 1.29 is 13.7 Å². The lowest BCUT2D eigenvalue weighted by Crippen LogP contribution is -2.38. The molecule has 27 heavy (non-hydrogen) atoms. The second-order valence-electron chi connectivity index (χ2n) is 6.20. The Morgan fingerprint density at radius 3 is 2.37 bits per heavy atom. The number of benzene rings is 2. The van der Waals surface area contributed by atoms with E-state index < -0.39 is 10.8 Å². The first kappa shape index (κ1) is 21.1. The highest BCUT2D eigenvalue weighted by atomic mass is 32.2. The molecule has 2 aromatic carbocycles. The molecule has 0 saturated carbocycles. The number of ether oxygens (including phenoxy) is 1. The van der Waals surface area contributed by atoms with E-state index in [1.165, 1.54) is 0 Å². The van der Waals surface area contributed by atoms with Crippen LogP contribution in [-0.4, -0.2) is 48.0 Å². The average Bonchev–Trinajstić information content (AvgIpc) is 2.71. The summed E-state index contributed by atoms with van der Waals surface area (Å²) in [5, 5.41) is 3.04. The topological polar surface area (TPSA) is 58.6 Å². The van der Waals surface area contributed by atoms with Crippen molar-refractivity contribution in [2.24, 2.45) is 0 Å². The van der Waals surface area contributed by atoms with Gasteiger partial charge in [0.25, 0.3) is 5.91 Å². The van der Waals surface area contributed by atoms with Crippen LogP contribution in [0.25, 0.3) is 0 Å². The van der Waals surface area contributed by atoms with Gasteiger partial charge in [0.2, 0.25) is 0 Å². The van der Waals surface area contributed by atoms with Crippen molar-refractivity contribution in [2.75, 3.05) is 33.0 Å². The van der Waals surface area contributed by atoms with E-state index in [0.717, 1.165) is 24.4 Å². The molecule has 0 aromatic heterocycles. The number of nitrogens with one attached hydrogen (secondary N) is 1. The summed E-state index contributed by atoms with van der Waals surface area (Å²) in [5.41, 5.74) is 1.67. The minimum absolute atomic E-state index is 0.0569. The molecule has 1 N–H and O–H groups in total. The van der Waals surface area contributed by atoms with E-state index in [-0.39, 0.29) is 11.9 Å². The number of carbonyl (C=O) groups excluding carboxylic acids is 1. The van der Waals surface area contributed by atoms with Crippen molar-refractivity contribution in [1.29, 1.82) is 0 Å². The zero-order chi connectivity index (χ0) is 19.8. The minimum Gasteiger partial charge on any atom is -0.497 e. The van der Waals surface area contributed by atoms with Gasteiger partial charge >= 0.3 is 0 Å². The van der Waals surface area contributed by atoms with Crippen LogP contribution in [0.2, 0.25) is 0 Å². The molecule has 5 nitrogen and oxygen atoms in total. The summed E-state index contributed by atoms with van der Waals surface area (Å²) < 4.78 is 16.8. The van der Waals surface area contributed by atoms with Gasteiger partial charge in [-0.15, -0.1) is 0 Å². The summed E-state index contributed by atoms with van der Waals surface area (Å²) in [5.74, 6) is 0.669. The molecule has 2 rings (SSSR count). The molecule has 146 valence electrons. The van der Waals surface area contributed by atoms with Gasteiger partial charge in [-0.3, -0.25) is 13.9 Å². The van der Waals surface area contributed by atoms with Crippen molar-refractivity contribution in [3.63, 3.8) is 0 Å². The fraction of sp³-hybridized carbons (Fsp3) is 0.381. The van der Waals surface area contributed by atoms with Crippen LogP contribution in [0.1, 0.15) is 35.8 Å². The average molecular weight is 389 g/mol. The first-order valence-corrected chi connectivity index (χ1v) is 10.7. The lowest BCUT2D eigenvalue weighted by molar-refractivity contribution is 0.0935. The van der Waals surface area contributed by atoms with Crippen molar-refractivity contribution in [3.8, 4) is 5.75 Å². The predicted octanol–water partition coefficient (Wildman–Crippen LogP) is 3.25. The monoisotopic (exact) mass is 388 g/mol. The van der Waals surface area contributed by atoms with E-state index in [1.807, 2.05) is 18.2 Å². The number of nitrogens with zero attached hydrogens (tertiary/aromatic N) is 1. The highest BCUT2D eigenvalue weighted by molar-refractivity contribution is 7.84. The molecule has 2 atom stereocenters. The molecular weight excluding hydrogens is 360 g/mol. The second kappa shape index (κ2) is 10.2. The summed E-state index contributed by atoms with van der Waals surface area (Å²) >= 11 is 0. The van der Waals surface area contributed by atoms with Crippen molar-refractivity contribution in [2.45, 2.75) is 24.8 Å². The zero-order valence-corrected chi connectivity index (χ0v) is 17.2. The van der Waals surface area contributed by atoms with Gasteiger partial charge in [-0.2, -0.15) is 0 Å². The van der Waals surface area contributed by atoms with Gasteiger partial charge in [-0.05, 0) is 55.1 Å². The smallest absolute Gasteiger partial charge is 0.251 e. The Hall–Kier alpha value is -2.18. The van der Waals surface area contributed by atoms with Crippen LogP contribution in [-0.2, 0) is 10.8 Å². The predicted molar refractivity (Wildman–Crippen MR) is 110 cm³/mol. The SMILES string of the molecule is CCN(CC)C(CNC(=O)c1ccc(S(C)=O)cc1)c1cccc(OC)c1. The Morgan fingerprint density at radius 1 is 1.15 bits per heavy atom. The third-order valence-electron chi connectivity index (χ3n) is 4.64. The Kier molecular flexibility index (Phi) is 8.00. The number of amides is 1. The van der Waals surface area contributed by atoms with Crippen LogP contribution in [0.5, 0.6) is 5.75 Å². The Morgan fingerprint density at radius 2 is 1.81 bits per heavy atom. The zero-order valence-electron chi connectivity index (χ0n) is 16.4. The third-order valence-corrected chi connectivity index (χ3v) is 5.57. The molecule has 0 bridgehead atoms. The Labute approximate surface area is 164 Å². The van der Waals surface area contributed by atoms with Crippen LogP contribution in [0.4, 0.5) is 0 Å². The number of likely N-dealkylation sites (N-methyl/N-ethyl adjacent to an activating group) is 1. The normalized spacial score (nSPS) is 13.2. The molecule has 2 aromatic rings. The van der Waals surface area contributed by atoms with Gasteiger partial charge in [0.1, 0.15) is 5.75 Å². The first-order valence-electron chi connectivity index (χ1n) is 9.09. The highest BCUT2D eigenvalue weighted by Crippen LogP contribution is 2.24. The fourth-order valence-corrected chi connectivity index (χ4v) is 3.58. The van der Waals surface area contributed by atoms with Crippen LogP contribution in [0.15, 0.2) is 53.4 Å². The van der Waals surface area contributed by atoms with Gasteiger partial charge in [0.05, 0.1) is 13.2 Å². The van der Waals surface area contributed by atoms with Gasteiger partial charge in [-0.1, -0.05) is 26.0 Å². The number of hydrogen-bond donors (Lipinski definition) is 1. The van der Waals surface area contributed by atoms with Crippen LogP contribution in [0.3, 0.4) is 0 Å². The van der Waals surface area contributed by atoms with E-state index in [9.17, 15) is 9.00 Å². The van der Waals surface area contributed by atoms with E-state index in [0.29, 0.717) is 17.0 Å². The second-order valence-corrected chi connectivity index (χ2v) is 7.58.